The number of carbonyl (C=O) groups excluding carboxylic acids is 1. The fourth-order valence-electron chi connectivity index (χ4n) is 4.08. The lowest BCUT2D eigenvalue weighted by molar-refractivity contribution is -0.123. The molecule has 1 aromatic heterocycles. The van der Waals surface area contributed by atoms with Crippen molar-refractivity contribution in [2.24, 2.45) is 4.99 Å². The van der Waals surface area contributed by atoms with Crippen molar-refractivity contribution in [2.75, 3.05) is 0 Å². The van der Waals surface area contributed by atoms with Crippen molar-refractivity contribution in [1.29, 1.82) is 0 Å². The van der Waals surface area contributed by atoms with E-state index in [2.05, 4.69) is 69.2 Å². The summed E-state index contributed by atoms with van der Waals surface area (Å²) in [6.07, 6.45) is 4.15. The number of thioether (sulfide) groups is 1. The molecule has 1 amide bonds. The van der Waals surface area contributed by atoms with Crippen LogP contribution in [0.1, 0.15) is 25.0 Å². The molecule has 2 heterocycles. The van der Waals surface area contributed by atoms with E-state index in [-0.39, 0.29) is 11.9 Å². The summed E-state index contributed by atoms with van der Waals surface area (Å²) < 4.78 is 3.31. The molecular formula is C28H24BrN3OS. The zero-order chi connectivity index (χ0) is 23.7. The molecular weight excluding hydrogens is 506 g/mol. The van der Waals surface area contributed by atoms with Gasteiger partial charge < -0.3 is 4.57 Å². The molecule has 0 saturated carbocycles. The second kappa shape index (κ2) is 9.65. The van der Waals surface area contributed by atoms with Crippen LogP contribution in [0.15, 0.2) is 99.4 Å². The summed E-state index contributed by atoms with van der Waals surface area (Å²) in [6.45, 7) is 4.80. The smallest absolute Gasteiger partial charge is 0.266 e. The highest BCUT2D eigenvalue weighted by Gasteiger charge is 2.35. The van der Waals surface area contributed by atoms with Crippen LogP contribution in [0, 0.1) is 0 Å². The summed E-state index contributed by atoms with van der Waals surface area (Å²) in [7, 11) is 0. The van der Waals surface area contributed by atoms with Crippen LogP contribution < -0.4 is 0 Å². The lowest BCUT2D eigenvalue weighted by Crippen LogP contribution is -2.35. The van der Waals surface area contributed by atoms with E-state index in [1.54, 1.807) is 4.90 Å². The molecule has 34 heavy (non-hydrogen) atoms. The molecule has 170 valence electrons. The van der Waals surface area contributed by atoms with E-state index in [0.717, 1.165) is 38.3 Å². The van der Waals surface area contributed by atoms with E-state index in [9.17, 15) is 4.79 Å². The van der Waals surface area contributed by atoms with Crippen molar-refractivity contribution in [3.63, 3.8) is 0 Å². The Bertz CT molecular complexity index is 1400. The van der Waals surface area contributed by atoms with Gasteiger partial charge in [0.2, 0.25) is 0 Å². The van der Waals surface area contributed by atoms with Gasteiger partial charge in [0.25, 0.3) is 5.91 Å². The van der Waals surface area contributed by atoms with Gasteiger partial charge in [0.05, 0.1) is 10.6 Å². The molecule has 3 aromatic carbocycles. The third kappa shape index (κ3) is 4.61. The van der Waals surface area contributed by atoms with Gasteiger partial charge in [-0.1, -0.05) is 64.5 Å². The molecule has 6 heteroatoms. The van der Waals surface area contributed by atoms with Crippen LogP contribution in [0.5, 0.6) is 0 Å². The number of aromatic nitrogens is 1. The number of fused-ring (bicyclic) bond motifs is 1. The van der Waals surface area contributed by atoms with Gasteiger partial charge in [-0.15, -0.1) is 0 Å². The highest BCUT2D eigenvalue weighted by Crippen LogP contribution is 2.36. The minimum atomic E-state index is -0.000535. The van der Waals surface area contributed by atoms with Crippen molar-refractivity contribution >= 4 is 61.4 Å². The third-order valence-electron chi connectivity index (χ3n) is 5.71. The van der Waals surface area contributed by atoms with Crippen LogP contribution in [-0.4, -0.2) is 26.6 Å². The Hall–Kier alpha value is -3.09. The molecule has 1 aliphatic heterocycles. The zero-order valence-electron chi connectivity index (χ0n) is 19.0. The minimum absolute atomic E-state index is 0.000535. The summed E-state index contributed by atoms with van der Waals surface area (Å²) >= 11 is 4.95. The highest BCUT2D eigenvalue weighted by atomic mass is 79.9. The summed E-state index contributed by atoms with van der Waals surface area (Å²) in [5.41, 5.74) is 4.24. The SMILES string of the molecule is CC(C)N1C(=O)/C(=C\c2cn(Cc3ccc(Br)cc3)c3ccccc23)SC1=Nc1ccccc1. The van der Waals surface area contributed by atoms with E-state index >= 15 is 0 Å². The van der Waals surface area contributed by atoms with E-state index in [1.165, 1.54) is 17.3 Å². The van der Waals surface area contributed by atoms with E-state index in [4.69, 9.17) is 4.99 Å². The number of benzene rings is 3. The normalized spacial score (nSPS) is 16.5. The molecule has 0 atom stereocenters. The number of rotatable bonds is 5. The van der Waals surface area contributed by atoms with Crippen molar-refractivity contribution < 1.29 is 4.79 Å². The first-order chi connectivity index (χ1) is 16.5. The molecule has 1 saturated heterocycles. The van der Waals surface area contributed by atoms with Gasteiger partial charge in [-0.05, 0) is 67.6 Å². The van der Waals surface area contributed by atoms with Crippen LogP contribution in [0.2, 0.25) is 0 Å². The number of aliphatic imine (C=N–C) groups is 1. The third-order valence-corrected chi connectivity index (χ3v) is 7.22. The maximum Gasteiger partial charge on any atom is 0.266 e. The topological polar surface area (TPSA) is 37.6 Å². The number of nitrogens with zero attached hydrogens (tertiary/aromatic N) is 3. The molecule has 4 nitrogen and oxygen atoms in total. The predicted octanol–water partition coefficient (Wildman–Crippen LogP) is 7.46. The summed E-state index contributed by atoms with van der Waals surface area (Å²) in [5.74, 6) is -0.000535. The van der Waals surface area contributed by atoms with Gasteiger partial charge >= 0.3 is 0 Å². The van der Waals surface area contributed by atoms with Gasteiger partial charge in [-0.25, -0.2) is 4.99 Å². The Morgan fingerprint density at radius 2 is 1.68 bits per heavy atom. The van der Waals surface area contributed by atoms with Crippen molar-refractivity contribution in [1.82, 2.24) is 9.47 Å². The van der Waals surface area contributed by atoms with Gasteiger partial charge in [0.1, 0.15) is 0 Å². The van der Waals surface area contributed by atoms with Crippen LogP contribution in [0.3, 0.4) is 0 Å². The second-order valence-electron chi connectivity index (χ2n) is 8.47. The van der Waals surface area contributed by atoms with E-state index in [1.807, 2.05) is 56.3 Å². The van der Waals surface area contributed by atoms with E-state index < -0.39 is 0 Å². The van der Waals surface area contributed by atoms with Gasteiger partial charge in [-0.3, -0.25) is 9.69 Å². The number of hydrogen-bond donors (Lipinski definition) is 0. The Morgan fingerprint density at radius 1 is 0.971 bits per heavy atom. The molecule has 0 spiro atoms. The molecule has 4 aromatic rings. The number of carbonyl (C=O) groups is 1. The first kappa shape index (κ1) is 22.7. The maximum absolute atomic E-state index is 13.4. The largest absolute Gasteiger partial charge is 0.342 e. The lowest BCUT2D eigenvalue weighted by atomic mass is 10.1. The van der Waals surface area contributed by atoms with Crippen LogP contribution in [0.4, 0.5) is 5.69 Å². The molecule has 0 radical (unpaired) electrons. The van der Waals surface area contributed by atoms with Crippen molar-refractivity contribution in [3.05, 3.63) is 106 Å². The average Bonchev–Trinajstić information content (AvgIpc) is 3.33. The Morgan fingerprint density at radius 3 is 2.41 bits per heavy atom. The summed E-state index contributed by atoms with van der Waals surface area (Å²) in [5, 5.41) is 1.85. The average molecular weight is 530 g/mol. The lowest BCUT2D eigenvalue weighted by Gasteiger charge is -2.19. The second-order valence-corrected chi connectivity index (χ2v) is 10.4. The fraction of sp³-hybridized carbons (Fsp3) is 0.143. The number of para-hydroxylation sites is 2. The maximum atomic E-state index is 13.4. The first-order valence-corrected chi connectivity index (χ1v) is 12.8. The zero-order valence-corrected chi connectivity index (χ0v) is 21.4. The highest BCUT2D eigenvalue weighted by molar-refractivity contribution is 9.10. The molecule has 1 fully saturated rings. The van der Waals surface area contributed by atoms with Crippen molar-refractivity contribution in [2.45, 2.75) is 26.4 Å². The number of amides is 1. The molecule has 5 rings (SSSR count). The van der Waals surface area contributed by atoms with Gasteiger partial charge in [0, 0.05) is 39.7 Å². The van der Waals surface area contributed by atoms with E-state index in [0.29, 0.717) is 4.91 Å². The van der Waals surface area contributed by atoms with Gasteiger partial charge in [0.15, 0.2) is 5.17 Å². The number of hydrogen-bond acceptors (Lipinski definition) is 3. The summed E-state index contributed by atoms with van der Waals surface area (Å²) in [4.78, 5) is 20.6. The van der Waals surface area contributed by atoms with Gasteiger partial charge in [-0.2, -0.15) is 0 Å². The Balaban J connectivity index is 1.53. The molecule has 0 aliphatic carbocycles. The predicted molar refractivity (Wildman–Crippen MR) is 146 cm³/mol. The molecule has 0 unspecified atom stereocenters. The Kier molecular flexibility index (Phi) is 6.44. The molecule has 1 aliphatic rings. The van der Waals surface area contributed by atoms with Crippen LogP contribution in [-0.2, 0) is 11.3 Å². The molecule has 0 bridgehead atoms. The van der Waals surface area contributed by atoms with Crippen LogP contribution in [0.25, 0.3) is 17.0 Å². The van der Waals surface area contributed by atoms with Crippen molar-refractivity contribution in [3.8, 4) is 0 Å². The number of halogens is 1. The molecule has 0 N–H and O–H groups in total. The first-order valence-electron chi connectivity index (χ1n) is 11.2. The quantitative estimate of drug-likeness (QED) is 0.251. The monoisotopic (exact) mass is 529 g/mol. The number of amidine groups is 1. The standard InChI is InChI=1S/C28H24BrN3OS/c1-19(2)32-27(33)26(34-28(32)30-23-8-4-3-5-9-23)16-21-18-31(25-11-7-6-10-24(21)25)17-20-12-14-22(29)15-13-20/h3-16,18-19H,17H2,1-2H3/b26-16+,30-28?. The summed E-state index contributed by atoms with van der Waals surface area (Å²) in [6, 6.07) is 26.5. The Labute approximate surface area is 212 Å². The van der Waals surface area contributed by atoms with Crippen LogP contribution >= 0.6 is 27.7 Å². The minimum Gasteiger partial charge on any atom is -0.342 e. The fourth-order valence-corrected chi connectivity index (χ4v) is 5.46.